The van der Waals surface area contributed by atoms with E-state index in [0.717, 1.165) is 19.1 Å². The van der Waals surface area contributed by atoms with Gasteiger partial charge in [0.1, 0.15) is 0 Å². The van der Waals surface area contributed by atoms with Crippen LogP contribution in [0.1, 0.15) is 51.0 Å². The maximum atomic E-state index is 6.36. The second-order valence-electron chi connectivity index (χ2n) is 6.22. The minimum Gasteiger partial charge on any atom is -0.369 e. The first-order valence-corrected chi connectivity index (χ1v) is 8.10. The first-order valence-electron chi connectivity index (χ1n) is 8.10. The second-order valence-corrected chi connectivity index (χ2v) is 6.22. The Balaban J connectivity index is 1.90. The predicted molar refractivity (Wildman–Crippen MR) is 84.8 cm³/mol. The summed E-state index contributed by atoms with van der Waals surface area (Å²) in [5.41, 5.74) is 1.33. The van der Waals surface area contributed by atoms with E-state index < -0.39 is 0 Å². The van der Waals surface area contributed by atoms with Gasteiger partial charge in [-0.3, -0.25) is 0 Å². The van der Waals surface area contributed by atoms with Gasteiger partial charge in [0.05, 0.1) is 12.2 Å². The molecular weight excluding hydrogens is 246 g/mol. The van der Waals surface area contributed by atoms with Crippen LogP contribution in [0.25, 0.3) is 0 Å². The molecule has 0 radical (unpaired) electrons. The van der Waals surface area contributed by atoms with Crippen LogP contribution in [0.15, 0.2) is 30.3 Å². The molecule has 0 aromatic heterocycles. The molecule has 0 unspecified atom stereocenters. The van der Waals surface area contributed by atoms with Crippen molar-refractivity contribution < 1.29 is 4.74 Å². The number of hydrogen-bond donors (Lipinski definition) is 1. The average molecular weight is 275 g/mol. The first kappa shape index (κ1) is 15.5. The summed E-state index contributed by atoms with van der Waals surface area (Å²) >= 11 is 0. The van der Waals surface area contributed by atoms with Gasteiger partial charge >= 0.3 is 0 Å². The number of rotatable bonds is 7. The third-order valence-electron chi connectivity index (χ3n) is 4.60. The summed E-state index contributed by atoms with van der Waals surface area (Å²) in [6.07, 6.45) is 7.74. The van der Waals surface area contributed by atoms with Crippen molar-refractivity contribution in [3.63, 3.8) is 0 Å². The van der Waals surface area contributed by atoms with Gasteiger partial charge in [-0.25, -0.2) is 0 Å². The minimum absolute atomic E-state index is 0.0504. The molecule has 2 nitrogen and oxygen atoms in total. The lowest BCUT2D eigenvalue weighted by Gasteiger charge is -2.40. The Morgan fingerprint density at radius 1 is 1.20 bits per heavy atom. The van der Waals surface area contributed by atoms with Gasteiger partial charge in [0.25, 0.3) is 0 Å². The maximum Gasteiger partial charge on any atom is 0.0810 e. The van der Waals surface area contributed by atoms with E-state index in [1.807, 2.05) is 7.05 Å². The monoisotopic (exact) mass is 275 g/mol. The Kier molecular flexibility index (Phi) is 6.06. The zero-order valence-corrected chi connectivity index (χ0v) is 13.0. The summed E-state index contributed by atoms with van der Waals surface area (Å²) in [6, 6.07) is 10.5. The number of likely N-dealkylation sites (N-methyl/N-ethyl adjacent to an activating group) is 1. The molecular formula is C18H29NO. The molecule has 0 bridgehead atoms. The highest BCUT2D eigenvalue weighted by atomic mass is 16.5. The van der Waals surface area contributed by atoms with Crippen LogP contribution in [-0.4, -0.2) is 19.2 Å². The molecule has 1 aliphatic rings. The number of hydrogen-bond acceptors (Lipinski definition) is 2. The Morgan fingerprint density at radius 3 is 2.50 bits per heavy atom. The van der Waals surface area contributed by atoms with Crippen LogP contribution in [0.4, 0.5) is 0 Å². The third-order valence-corrected chi connectivity index (χ3v) is 4.60. The molecule has 112 valence electrons. The lowest BCUT2D eigenvalue weighted by molar-refractivity contribution is -0.0856. The molecule has 1 fully saturated rings. The van der Waals surface area contributed by atoms with Crippen molar-refractivity contribution in [1.29, 1.82) is 0 Å². The largest absolute Gasteiger partial charge is 0.369 e. The van der Waals surface area contributed by atoms with E-state index in [1.165, 1.54) is 44.1 Å². The van der Waals surface area contributed by atoms with Gasteiger partial charge < -0.3 is 10.1 Å². The topological polar surface area (TPSA) is 21.3 Å². The molecule has 0 saturated heterocycles. The van der Waals surface area contributed by atoms with E-state index in [1.54, 1.807) is 0 Å². The molecule has 0 aliphatic heterocycles. The van der Waals surface area contributed by atoms with Crippen molar-refractivity contribution >= 4 is 0 Å². The summed E-state index contributed by atoms with van der Waals surface area (Å²) in [6.45, 7) is 4.00. The molecule has 1 saturated carbocycles. The molecule has 1 aliphatic carbocycles. The van der Waals surface area contributed by atoms with Gasteiger partial charge in [-0.05, 0) is 44.2 Å². The number of ether oxygens (including phenoxy) is 1. The van der Waals surface area contributed by atoms with Gasteiger partial charge in [-0.2, -0.15) is 0 Å². The first-order chi connectivity index (χ1) is 9.78. The Morgan fingerprint density at radius 2 is 1.90 bits per heavy atom. The lowest BCUT2D eigenvalue weighted by Crippen LogP contribution is -2.45. The molecule has 2 rings (SSSR count). The minimum atomic E-state index is 0.0504. The lowest BCUT2D eigenvalue weighted by atomic mass is 9.77. The van der Waals surface area contributed by atoms with Crippen LogP contribution >= 0.6 is 0 Å². The fraction of sp³-hybridized carbons (Fsp3) is 0.667. The quantitative estimate of drug-likeness (QED) is 0.807. The van der Waals surface area contributed by atoms with Crippen molar-refractivity contribution in [1.82, 2.24) is 5.32 Å². The molecule has 1 aromatic carbocycles. The molecule has 0 heterocycles. The normalized spacial score (nSPS) is 26.6. The Bertz CT molecular complexity index is 368. The standard InChI is InChI=1S/C18H29NO/c1-3-7-16-10-12-18(13-11-16,15-19-2)20-14-17-8-5-4-6-9-17/h4-6,8-9,16,19H,3,7,10-15H2,1-2H3. The molecule has 2 heteroatoms. The van der Waals surface area contributed by atoms with Crippen LogP contribution < -0.4 is 5.32 Å². The van der Waals surface area contributed by atoms with Crippen LogP contribution in [0.2, 0.25) is 0 Å². The van der Waals surface area contributed by atoms with E-state index in [0.29, 0.717) is 0 Å². The molecule has 20 heavy (non-hydrogen) atoms. The third kappa shape index (κ3) is 4.32. The van der Waals surface area contributed by atoms with E-state index >= 15 is 0 Å². The molecule has 0 amide bonds. The second kappa shape index (κ2) is 7.80. The van der Waals surface area contributed by atoms with Crippen molar-refractivity contribution in [2.24, 2.45) is 5.92 Å². The van der Waals surface area contributed by atoms with Gasteiger partial charge in [0.15, 0.2) is 0 Å². The fourth-order valence-corrected chi connectivity index (χ4v) is 3.41. The Labute approximate surface area is 123 Å². The predicted octanol–water partition coefficient (Wildman–Crippen LogP) is 4.15. The average Bonchev–Trinajstić information content (AvgIpc) is 2.49. The fourth-order valence-electron chi connectivity index (χ4n) is 3.41. The van der Waals surface area contributed by atoms with Crippen molar-refractivity contribution in [3.8, 4) is 0 Å². The SMILES string of the molecule is CCCC1CCC(CNC)(OCc2ccccc2)CC1. The number of benzene rings is 1. The highest BCUT2D eigenvalue weighted by Gasteiger charge is 2.35. The maximum absolute atomic E-state index is 6.36. The highest BCUT2D eigenvalue weighted by Crippen LogP contribution is 2.37. The van der Waals surface area contributed by atoms with E-state index in [9.17, 15) is 0 Å². The number of nitrogens with one attached hydrogen (secondary N) is 1. The summed E-state index contributed by atoms with van der Waals surface area (Å²) in [5.74, 6) is 0.922. The van der Waals surface area contributed by atoms with Gasteiger partial charge in [0.2, 0.25) is 0 Å². The van der Waals surface area contributed by atoms with Crippen molar-refractivity contribution in [2.45, 2.75) is 57.7 Å². The zero-order valence-electron chi connectivity index (χ0n) is 13.0. The molecule has 1 aromatic rings. The summed E-state index contributed by atoms with van der Waals surface area (Å²) in [4.78, 5) is 0. The smallest absolute Gasteiger partial charge is 0.0810 e. The van der Waals surface area contributed by atoms with E-state index in [2.05, 4.69) is 42.6 Å². The molecule has 0 atom stereocenters. The van der Waals surface area contributed by atoms with Crippen LogP contribution in [-0.2, 0) is 11.3 Å². The van der Waals surface area contributed by atoms with Crippen molar-refractivity contribution in [3.05, 3.63) is 35.9 Å². The highest BCUT2D eigenvalue weighted by molar-refractivity contribution is 5.13. The summed E-state index contributed by atoms with van der Waals surface area (Å²) < 4.78 is 6.36. The van der Waals surface area contributed by atoms with Crippen LogP contribution in [0, 0.1) is 5.92 Å². The van der Waals surface area contributed by atoms with Crippen LogP contribution in [0.5, 0.6) is 0 Å². The van der Waals surface area contributed by atoms with E-state index in [4.69, 9.17) is 4.74 Å². The van der Waals surface area contributed by atoms with E-state index in [-0.39, 0.29) is 5.60 Å². The van der Waals surface area contributed by atoms with Crippen LogP contribution in [0.3, 0.4) is 0 Å². The summed E-state index contributed by atoms with van der Waals surface area (Å²) in [5, 5.41) is 3.34. The van der Waals surface area contributed by atoms with Gasteiger partial charge in [0, 0.05) is 6.54 Å². The molecule has 0 spiro atoms. The van der Waals surface area contributed by atoms with Gasteiger partial charge in [-0.1, -0.05) is 50.1 Å². The van der Waals surface area contributed by atoms with Gasteiger partial charge in [-0.15, -0.1) is 0 Å². The van der Waals surface area contributed by atoms with Crippen molar-refractivity contribution in [2.75, 3.05) is 13.6 Å². The summed E-state index contributed by atoms with van der Waals surface area (Å²) in [7, 11) is 2.03. The molecule has 1 N–H and O–H groups in total. The zero-order chi connectivity index (χ0) is 14.3. The Hall–Kier alpha value is -0.860.